The molecular formula is C22H25Cl2N3. The number of rotatable bonds is 5. The highest BCUT2D eigenvalue weighted by Gasteiger charge is 2.19. The van der Waals surface area contributed by atoms with E-state index in [2.05, 4.69) is 70.5 Å². The predicted octanol–water partition coefficient (Wildman–Crippen LogP) is 5.07. The van der Waals surface area contributed by atoms with E-state index in [0.717, 1.165) is 56.4 Å². The summed E-state index contributed by atoms with van der Waals surface area (Å²) in [6.45, 7) is 5.28. The van der Waals surface area contributed by atoms with Crippen LogP contribution in [0.3, 0.4) is 0 Å². The van der Waals surface area contributed by atoms with Gasteiger partial charge in [0.15, 0.2) is 0 Å². The maximum atomic E-state index is 5.83. The smallest absolute Gasteiger partial charge is 0.129 e. The maximum absolute atomic E-state index is 5.83. The van der Waals surface area contributed by atoms with Crippen molar-refractivity contribution in [2.75, 3.05) is 43.5 Å². The second-order valence-corrected chi connectivity index (χ2v) is 7.16. The zero-order valence-corrected chi connectivity index (χ0v) is 16.9. The lowest BCUT2D eigenvalue weighted by Gasteiger charge is -2.35. The maximum Gasteiger partial charge on any atom is 0.129 e. The summed E-state index contributed by atoms with van der Waals surface area (Å²) in [5.41, 5.74) is 3.57. The molecule has 0 unspecified atom stereocenters. The van der Waals surface area contributed by atoms with E-state index in [0.29, 0.717) is 0 Å². The van der Waals surface area contributed by atoms with Crippen LogP contribution < -0.4 is 4.90 Å². The third-order valence-corrected chi connectivity index (χ3v) is 5.36. The van der Waals surface area contributed by atoms with Crippen molar-refractivity contribution in [3.63, 3.8) is 0 Å². The highest BCUT2D eigenvalue weighted by molar-refractivity contribution is 6.17. The molecule has 142 valence electrons. The van der Waals surface area contributed by atoms with Gasteiger partial charge in [-0.2, -0.15) is 0 Å². The number of halogens is 2. The van der Waals surface area contributed by atoms with E-state index in [1.54, 1.807) is 0 Å². The van der Waals surface area contributed by atoms with Gasteiger partial charge in [0.05, 0.1) is 5.52 Å². The highest BCUT2D eigenvalue weighted by atomic mass is 35.5. The Hall–Kier alpha value is -1.81. The summed E-state index contributed by atoms with van der Waals surface area (Å²) < 4.78 is 0. The van der Waals surface area contributed by atoms with Gasteiger partial charge < -0.3 is 4.90 Å². The number of pyridine rings is 1. The number of piperazine rings is 1. The molecule has 2 aromatic carbocycles. The van der Waals surface area contributed by atoms with E-state index < -0.39 is 0 Å². The first-order valence-corrected chi connectivity index (χ1v) is 9.87. The molecule has 1 fully saturated rings. The van der Waals surface area contributed by atoms with Gasteiger partial charge in [-0.1, -0.05) is 48.5 Å². The quantitative estimate of drug-likeness (QED) is 0.555. The van der Waals surface area contributed by atoms with Crippen molar-refractivity contribution in [3.8, 4) is 11.1 Å². The molecular weight excluding hydrogens is 377 g/mol. The van der Waals surface area contributed by atoms with Crippen molar-refractivity contribution in [1.82, 2.24) is 9.88 Å². The van der Waals surface area contributed by atoms with Crippen LogP contribution in [0.25, 0.3) is 22.0 Å². The van der Waals surface area contributed by atoms with Gasteiger partial charge in [-0.15, -0.1) is 24.0 Å². The first-order valence-electron chi connectivity index (χ1n) is 9.33. The van der Waals surface area contributed by atoms with Crippen LogP contribution >= 0.6 is 24.0 Å². The fraction of sp³-hybridized carbons (Fsp3) is 0.318. The van der Waals surface area contributed by atoms with E-state index in [4.69, 9.17) is 16.6 Å². The zero-order valence-electron chi connectivity index (χ0n) is 15.4. The summed E-state index contributed by atoms with van der Waals surface area (Å²) in [7, 11) is 0. The minimum atomic E-state index is 0. The number of aromatic nitrogens is 1. The number of anilines is 1. The first-order chi connectivity index (χ1) is 12.8. The van der Waals surface area contributed by atoms with Crippen molar-refractivity contribution in [1.29, 1.82) is 0 Å². The molecule has 0 amide bonds. The Bertz CT molecular complexity index is 862. The third-order valence-electron chi connectivity index (χ3n) is 5.09. The fourth-order valence-corrected chi connectivity index (χ4v) is 3.78. The SMILES string of the molecule is Cl.ClCCCN1CCN(c2cc(-c3ccccc3)c3ccccc3n2)CC1. The number of para-hydroxylation sites is 1. The molecule has 1 aromatic heterocycles. The van der Waals surface area contributed by atoms with Crippen molar-refractivity contribution >= 4 is 40.7 Å². The van der Waals surface area contributed by atoms with Crippen molar-refractivity contribution in [2.24, 2.45) is 0 Å². The lowest BCUT2D eigenvalue weighted by Crippen LogP contribution is -2.47. The number of hydrogen-bond donors (Lipinski definition) is 0. The monoisotopic (exact) mass is 401 g/mol. The number of nitrogens with zero attached hydrogens (tertiary/aromatic N) is 3. The van der Waals surface area contributed by atoms with Crippen LogP contribution in [0.2, 0.25) is 0 Å². The minimum Gasteiger partial charge on any atom is -0.354 e. The molecule has 27 heavy (non-hydrogen) atoms. The number of fused-ring (bicyclic) bond motifs is 1. The Kier molecular flexibility index (Phi) is 6.95. The Morgan fingerprint density at radius 1 is 0.889 bits per heavy atom. The van der Waals surface area contributed by atoms with Crippen molar-refractivity contribution in [3.05, 3.63) is 60.7 Å². The summed E-state index contributed by atoms with van der Waals surface area (Å²) >= 11 is 5.83. The van der Waals surface area contributed by atoms with Gasteiger partial charge in [0, 0.05) is 37.4 Å². The first kappa shape index (κ1) is 19.9. The van der Waals surface area contributed by atoms with Crippen LogP contribution in [0.15, 0.2) is 60.7 Å². The number of alkyl halides is 1. The van der Waals surface area contributed by atoms with Gasteiger partial charge in [0.1, 0.15) is 5.82 Å². The molecule has 0 aliphatic carbocycles. The van der Waals surface area contributed by atoms with Crippen LogP contribution in [0.4, 0.5) is 5.82 Å². The van der Waals surface area contributed by atoms with E-state index >= 15 is 0 Å². The second-order valence-electron chi connectivity index (χ2n) is 6.78. The third kappa shape index (κ3) is 4.55. The average molecular weight is 402 g/mol. The summed E-state index contributed by atoms with van der Waals surface area (Å²) in [4.78, 5) is 9.87. The molecule has 1 saturated heterocycles. The lowest BCUT2D eigenvalue weighted by atomic mass is 10.0. The summed E-state index contributed by atoms with van der Waals surface area (Å²) in [5, 5.41) is 1.21. The molecule has 0 radical (unpaired) electrons. The van der Waals surface area contributed by atoms with Crippen LogP contribution in [0, 0.1) is 0 Å². The standard InChI is InChI=1S/C22H24ClN3.ClH/c23-11-6-12-25-13-15-26(16-14-25)22-17-20(18-7-2-1-3-8-18)19-9-4-5-10-21(19)24-22;/h1-5,7-10,17H,6,11-16H2;1H. The topological polar surface area (TPSA) is 19.4 Å². The molecule has 3 aromatic rings. The van der Waals surface area contributed by atoms with E-state index in [1.807, 2.05) is 0 Å². The number of hydrogen-bond acceptors (Lipinski definition) is 3. The molecule has 0 saturated carbocycles. The lowest BCUT2D eigenvalue weighted by molar-refractivity contribution is 0.258. The Labute approximate surface area is 172 Å². The van der Waals surface area contributed by atoms with Gasteiger partial charge in [-0.05, 0) is 36.2 Å². The second kappa shape index (κ2) is 9.41. The fourth-order valence-electron chi connectivity index (χ4n) is 3.66. The van der Waals surface area contributed by atoms with Crippen molar-refractivity contribution < 1.29 is 0 Å². The van der Waals surface area contributed by atoms with Crippen LogP contribution in [-0.2, 0) is 0 Å². The minimum absolute atomic E-state index is 0. The molecule has 0 bridgehead atoms. The molecule has 0 N–H and O–H groups in total. The average Bonchev–Trinajstić information content (AvgIpc) is 2.72. The van der Waals surface area contributed by atoms with Gasteiger partial charge in [0.25, 0.3) is 0 Å². The van der Waals surface area contributed by atoms with E-state index in [-0.39, 0.29) is 12.4 Å². The number of benzene rings is 2. The van der Waals surface area contributed by atoms with Crippen LogP contribution in [-0.4, -0.2) is 48.5 Å². The van der Waals surface area contributed by atoms with E-state index in [9.17, 15) is 0 Å². The predicted molar refractivity (Wildman–Crippen MR) is 118 cm³/mol. The summed E-state index contributed by atoms with van der Waals surface area (Å²) in [5.74, 6) is 1.83. The van der Waals surface area contributed by atoms with Crippen LogP contribution in [0.1, 0.15) is 6.42 Å². The molecule has 2 heterocycles. The van der Waals surface area contributed by atoms with Crippen molar-refractivity contribution in [2.45, 2.75) is 6.42 Å². The molecule has 1 aliphatic heterocycles. The Morgan fingerprint density at radius 2 is 1.59 bits per heavy atom. The summed E-state index contributed by atoms with van der Waals surface area (Å²) in [6.07, 6.45) is 1.06. The largest absolute Gasteiger partial charge is 0.354 e. The molecule has 5 heteroatoms. The molecule has 3 nitrogen and oxygen atoms in total. The normalized spacial score (nSPS) is 14.9. The molecule has 1 aliphatic rings. The van der Waals surface area contributed by atoms with Gasteiger partial charge in [0.2, 0.25) is 0 Å². The molecule has 4 rings (SSSR count). The molecule has 0 atom stereocenters. The Balaban J connectivity index is 0.00000210. The Morgan fingerprint density at radius 3 is 2.33 bits per heavy atom. The van der Waals surface area contributed by atoms with Gasteiger partial charge in [-0.25, -0.2) is 4.98 Å². The highest BCUT2D eigenvalue weighted by Crippen LogP contribution is 2.31. The van der Waals surface area contributed by atoms with Crippen LogP contribution in [0.5, 0.6) is 0 Å². The zero-order chi connectivity index (χ0) is 17.8. The van der Waals surface area contributed by atoms with Gasteiger partial charge in [-0.3, -0.25) is 4.90 Å². The van der Waals surface area contributed by atoms with Gasteiger partial charge >= 0.3 is 0 Å². The molecule has 0 spiro atoms. The summed E-state index contributed by atoms with van der Waals surface area (Å²) in [6, 6.07) is 21.3. The van der Waals surface area contributed by atoms with E-state index in [1.165, 1.54) is 16.5 Å².